The molecule has 126 valence electrons. The summed E-state index contributed by atoms with van der Waals surface area (Å²) in [6, 6.07) is 9.70. The Hall–Kier alpha value is -0.320. The summed E-state index contributed by atoms with van der Waals surface area (Å²) in [5, 5.41) is -0.309. The summed E-state index contributed by atoms with van der Waals surface area (Å²) in [4.78, 5) is 0. The number of para-hydroxylation sites is 1. The topological polar surface area (TPSA) is 26.3 Å². The third kappa shape index (κ3) is 5.39. The van der Waals surface area contributed by atoms with Gasteiger partial charge in [-0.3, -0.25) is 4.57 Å². The minimum atomic E-state index is -2.73. The molecular weight excluding hydrogens is 310 g/mol. The largest absolute Gasteiger partial charge is 0.440 e. The summed E-state index contributed by atoms with van der Waals surface area (Å²) < 4.78 is 20.1. The Balaban J connectivity index is 3.08. The van der Waals surface area contributed by atoms with Gasteiger partial charge in [-0.25, -0.2) is 0 Å². The van der Waals surface area contributed by atoms with Crippen molar-refractivity contribution in [3.05, 3.63) is 30.3 Å². The van der Waals surface area contributed by atoms with Crippen molar-refractivity contribution in [1.82, 2.24) is 0 Å². The van der Waals surface area contributed by atoms with Gasteiger partial charge < -0.3 is 4.52 Å². The summed E-state index contributed by atoms with van der Waals surface area (Å²) in [7, 11) is -3.33. The van der Waals surface area contributed by atoms with Crippen molar-refractivity contribution >= 4 is 14.7 Å². The van der Waals surface area contributed by atoms with Gasteiger partial charge in [0.15, 0.2) is 0 Å². The highest BCUT2D eigenvalue weighted by Gasteiger charge is 2.45. The Labute approximate surface area is 138 Å². The highest BCUT2D eigenvalue weighted by molar-refractivity contribution is 8.31. The van der Waals surface area contributed by atoms with Crippen molar-refractivity contribution in [2.45, 2.75) is 65.5 Å². The van der Waals surface area contributed by atoms with Crippen LogP contribution in [0.15, 0.2) is 30.3 Å². The molecule has 0 aliphatic rings. The SMILES string of the molecule is CCCCP(CCCC)P(=O)(Oc1ccccc1)C(C)(C)C. The zero-order valence-electron chi connectivity index (χ0n) is 14.8. The van der Waals surface area contributed by atoms with Gasteiger partial charge in [0.2, 0.25) is 0 Å². The first-order chi connectivity index (χ1) is 10.3. The summed E-state index contributed by atoms with van der Waals surface area (Å²) >= 11 is 0. The molecule has 0 saturated heterocycles. The second-order valence-electron chi connectivity index (χ2n) is 6.76. The molecule has 2 nitrogen and oxygen atoms in total. The number of rotatable bonds is 9. The molecule has 1 atom stereocenters. The molecule has 1 aromatic carbocycles. The van der Waals surface area contributed by atoms with Gasteiger partial charge in [-0.05, 0) is 65.7 Å². The molecule has 0 bridgehead atoms. The van der Waals surface area contributed by atoms with Crippen LogP contribution in [0.1, 0.15) is 60.3 Å². The van der Waals surface area contributed by atoms with E-state index in [1.807, 2.05) is 30.3 Å². The lowest BCUT2D eigenvalue weighted by Crippen LogP contribution is -2.19. The molecular formula is C18H32O2P2. The molecule has 0 heterocycles. The van der Waals surface area contributed by atoms with Gasteiger partial charge in [-0.15, -0.1) is 0 Å². The Morgan fingerprint density at radius 3 is 1.91 bits per heavy atom. The molecule has 0 aliphatic heterocycles. The van der Waals surface area contributed by atoms with E-state index in [2.05, 4.69) is 34.6 Å². The van der Waals surface area contributed by atoms with Gasteiger partial charge >= 0.3 is 0 Å². The van der Waals surface area contributed by atoms with Crippen molar-refractivity contribution in [1.29, 1.82) is 0 Å². The molecule has 0 saturated carbocycles. The van der Waals surface area contributed by atoms with Crippen LogP contribution < -0.4 is 4.52 Å². The van der Waals surface area contributed by atoms with E-state index in [-0.39, 0.29) is 5.16 Å². The molecule has 0 aromatic heterocycles. The van der Waals surface area contributed by atoms with Crippen LogP contribution in [0.25, 0.3) is 0 Å². The fourth-order valence-electron chi connectivity index (χ4n) is 2.30. The van der Waals surface area contributed by atoms with Crippen LogP contribution in [-0.4, -0.2) is 17.5 Å². The number of hydrogen-bond acceptors (Lipinski definition) is 2. The fraction of sp³-hybridized carbons (Fsp3) is 0.667. The molecule has 0 N–H and O–H groups in total. The summed E-state index contributed by atoms with van der Waals surface area (Å²) in [6.07, 6.45) is 6.72. The Bertz CT molecular complexity index is 458. The second-order valence-corrected chi connectivity index (χ2v) is 14.5. The maximum atomic E-state index is 13.9. The maximum absolute atomic E-state index is 13.9. The van der Waals surface area contributed by atoms with Crippen LogP contribution in [0.3, 0.4) is 0 Å². The van der Waals surface area contributed by atoms with Gasteiger partial charge in [0.25, 0.3) is 7.06 Å². The smallest absolute Gasteiger partial charge is 0.271 e. The third-order valence-electron chi connectivity index (χ3n) is 3.73. The lowest BCUT2D eigenvalue weighted by atomic mass is 10.3. The van der Waals surface area contributed by atoms with E-state index in [0.29, 0.717) is 0 Å². The molecule has 22 heavy (non-hydrogen) atoms. The molecule has 0 fully saturated rings. The van der Waals surface area contributed by atoms with E-state index in [1.165, 1.54) is 0 Å². The van der Waals surface area contributed by atoms with Crippen LogP contribution in [0.4, 0.5) is 0 Å². The number of unbranched alkanes of at least 4 members (excludes halogenated alkanes) is 2. The zero-order chi connectivity index (χ0) is 16.6. The van der Waals surface area contributed by atoms with Crippen LogP contribution in [0, 0.1) is 0 Å². The monoisotopic (exact) mass is 342 g/mol. The average molecular weight is 342 g/mol. The van der Waals surface area contributed by atoms with E-state index in [9.17, 15) is 4.57 Å². The molecule has 0 spiro atoms. The number of hydrogen-bond donors (Lipinski definition) is 0. The molecule has 0 radical (unpaired) electrons. The van der Waals surface area contributed by atoms with Gasteiger partial charge in [-0.1, -0.05) is 44.9 Å². The predicted molar refractivity (Wildman–Crippen MR) is 101 cm³/mol. The third-order valence-corrected chi connectivity index (χ3v) is 13.8. The van der Waals surface area contributed by atoms with E-state index >= 15 is 0 Å². The van der Waals surface area contributed by atoms with E-state index in [4.69, 9.17) is 4.52 Å². The standard InChI is InChI=1S/C18H32O2P2/c1-6-8-15-21(16-9-7-2)22(19,18(3,4)5)20-17-13-11-10-12-14-17/h10-14H,6-9,15-16H2,1-5H3. The van der Waals surface area contributed by atoms with E-state index < -0.39 is 14.7 Å². The van der Waals surface area contributed by atoms with Crippen molar-refractivity contribution < 1.29 is 9.09 Å². The van der Waals surface area contributed by atoms with Gasteiger partial charge in [0.05, 0.1) is 5.16 Å². The number of benzene rings is 1. The molecule has 1 unspecified atom stereocenters. The van der Waals surface area contributed by atoms with Crippen molar-refractivity contribution in [2.75, 3.05) is 12.3 Å². The fourth-order valence-corrected chi connectivity index (χ4v) is 11.7. The quantitative estimate of drug-likeness (QED) is 0.446. The summed E-state index contributed by atoms with van der Waals surface area (Å²) in [5.74, 6) is 0.751. The molecule has 1 aromatic rings. The predicted octanol–water partition coefficient (Wildman–Crippen LogP) is 7.14. The molecule has 1 rings (SSSR count). The molecule has 0 amide bonds. The highest BCUT2D eigenvalue weighted by Crippen LogP contribution is 2.81. The minimum Gasteiger partial charge on any atom is -0.440 e. The first-order valence-electron chi connectivity index (χ1n) is 8.45. The lowest BCUT2D eigenvalue weighted by molar-refractivity contribution is 0.468. The second kappa shape index (κ2) is 9.09. The van der Waals surface area contributed by atoms with E-state index in [0.717, 1.165) is 43.8 Å². The van der Waals surface area contributed by atoms with Crippen molar-refractivity contribution in [3.63, 3.8) is 0 Å². The zero-order valence-corrected chi connectivity index (χ0v) is 16.6. The normalized spacial score (nSPS) is 14.8. The first-order valence-corrected chi connectivity index (χ1v) is 12.5. The highest BCUT2D eigenvalue weighted by atomic mass is 32.1. The summed E-state index contributed by atoms with van der Waals surface area (Å²) in [5.41, 5.74) is 0. The van der Waals surface area contributed by atoms with Gasteiger partial charge in [-0.2, -0.15) is 0 Å². The Kier molecular flexibility index (Phi) is 8.15. The van der Waals surface area contributed by atoms with E-state index in [1.54, 1.807) is 0 Å². The first kappa shape index (κ1) is 19.7. The Morgan fingerprint density at radius 2 is 1.50 bits per heavy atom. The van der Waals surface area contributed by atoms with Crippen LogP contribution >= 0.6 is 14.7 Å². The van der Waals surface area contributed by atoms with Gasteiger partial charge in [0, 0.05) is 0 Å². The lowest BCUT2D eigenvalue weighted by Gasteiger charge is -2.37. The van der Waals surface area contributed by atoms with Crippen LogP contribution in [0.5, 0.6) is 5.75 Å². The van der Waals surface area contributed by atoms with Crippen LogP contribution in [-0.2, 0) is 4.57 Å². The molecule has 0 aliphatic carbocycles. The molecule has 4 heteroatoms. The van der Waals surface area contributed by atoms with Gasteiger partial charge in [0.1, 0.15) is 5.75 Å². The average Bonchev–Trinajstić information content (AvgIpc) is 2.47. The minimum absolute atomic E-state index is 0.309. The van der Waals surface area contributed by atoms with Crippen molar-refractivity contribution in [3.8, 4) is 5.75 Å². The Morgan fingerprint density at radius 1 is 1.00 bits per heavy atom. The van der Waals surface area contributed by atoms with Crippen LogP contribution in [0.2, 0.25) is 0 Å². The van der Waals surface area contributed by atoms with Crippen molar-refractivity contribution in [2.24, 2.45) is 0 Å². The summed E-state index contributed by atoms with van der Waals surface area (Å²) in [6.45, 7) is 10.6. The maximum Gasteiger partial charge on any atom is 0.271 e.